The summed E-state index contributed by atoms with van der Waals surface area (Å²) in [7, 11) is 0. The molecule has 0 amide bonds. The summed E-state index contributed by atoms with van der Waals surface area (Å²) in [6, 6.07) is 4.72. The summed E-state index contributed by atoms with van der Waals surface area (Å²) in [5, 5.41) is 0. The zero-order chi connectivity index (χ0) is 10.2. The Morgan fingerprint density at radius 2 is 2.29 bits per heavy atom. The first-order valence-corrected chi connectivity index (χ1v) is 4.75. The first-order valence-electron chi connectivity index (χ1n) is 4.75. The van der Waals surface area contributed by atoms with Crippen LogP contribution in [0.15, 0.2) is 18.2 Å². The second-order valence-corrected chi connectivity index (χ2v) is 4.10. The fourth-order valence-corrected chi connectivity index (χ4v) is 1.88. The summed E-state index contributed by atoms with van der Waals surface area (Å²) in [6.45, 7) is 3.29. The summed E-state index contributed by atoms with van der Waals surface area (Å²) in [4.78, 5) is 0. The second-order valence-electron chi connectivity index (χ2n) is 4.10. The SMILES string of the molecule is CC1(c2cc(N)ccc2F)CCOC1. The largest absolute Gasteiger partial charge is 0.399 e. The topological polar surface area (TPSA) is 35.2 Å². The lowest BCUT2D eigenvalue weighted by molar-refractivity contribution is 0.180. The van der Waals surface area contributed by atoms with Crippen LogP contribution in [0.1, 0.15) is 18.9 Å². The van der Waals surface area contributed by atoms with Crippen LogP contribution in [-0.2, 0) is 10.2 Å². The normalized spacial score (nSPS) is 26.7. The molecule has 2 nitrogen and oxygen atoms in total. The lowest BCUT2D eigenvalue weighted by Gasteiger charge is -2.23. The van der Waals surface area contributed by atoms with E-state index in [4.69, 9.17) is 10.5 Å². The Labute approximate surface area is 82.9 Å². The van der Waals surface area contributed by atoms with Gasteiger partial charge in [0.1, 0.15) is 5.82 Å². The monoisotopic (exact) mass is 195 g/mol. The Morgan fingerprint density at radius 3 is 2.93 bits per heavy atom. The zero-order valence-electron chi connectivity index (χ0n) is 8.22. The van der Waals surface area contributed by atoms with E-state index >= 15 is 0 Å². The molecular weight excluding hydrogens is 181 g/mol. The highest BCUT2D eigenvalue weighted by molar-refractivity contribution is 5.44. The average Bonchev–Trinajstić information content (AvgIpc) is 2.58. The summed E-state index contributed by atoms with van der Waals surface area (Å²) in [6.07, 6.45) is 0.855. The lowest BCUT2D eigenvalue weighted by Crippen LogP contribution is -2.23. The van der Waals surface area contributed by atoms with Crippen LogP contribution < -0.4 is 5.73 Å². The van der Waals surface area contributed by atoms with E-state index in [1.807, 2.05) is 6.92 Å². The molecule has 0 saturated carbocycles. The lowest BCUT2D eigenvalue weighted by atomic mass is 9.81. The summed E-state index contributed by atoms with van der Waals surface area (Å²) in [5.41, 5.74) is 6.72. The van der Waals surface area contributed by atoms with Crippen molar-refractivity contribution >= 4 is 5.69 Å². The number of hydrogen-bond acceptors (Lipinski definition) is 2. The first-order chi connectivity index (χ1) is 6.62. The second kappa shape index (κ2) is 3.24. The van der Waals surface area contributed by atoms with Crippen molar-refractivity contribution in [2.24, 2.45) is 0 Å². The van der Waals surface area contributed by atoms with Crippen LogP contribution in [-0.4, -0.2) is 13.2 Å². The quantitative estimate of drug-likeness (QED) is 0.696. The van der Waals surface area contributed by atoms with Gasteiger partial charge >= 0.3 is 0 Å². The predicted molar refractivity (Wildman–Crippen MR) is 53.6 cm³/mol. The Hall–Kier alpha value is -1.09. The average molecular weight is 195 g/mol. The van der Waals surface area contributed by atoms with Gasteiger partial charge in [0.05, 0.1) is 6.61 Å². The van der Waals surface area contributed by atoms with Gasteiger partial charge in [-0.15, -0.1) is 0 Å². The molecule has 2 N–H and O–H groups in total. The third-order valence-corrected chi connectivity index (χ3v) is 2.86. The van der Waals surface area contributed by atoms with Crippen molar-refractivity contribution in [3.8, 4) is 0 Å². The van der Waals surface area contributed by atoms with Crippen molar-refractivity contribution in [2.45, 2.75) is 18.8 Å². The molecule has 1 unspecified atom stereocenters. The van der Waals surface area contributed by atoms with Crippen LogP contribution in [0.2, 0.25) is 0 Å². The Morgan fingerprint density at radius 1 is 1.50 bits per heavy atom. The third kappa shape index (κ3) is 1.48. The van der Waals surface area contributed by atoms with Crippen molar-refractivity contribution in [3.63, 3.8) is 0 Å². The first kappa shape index (κ1) is 9.46. The van der Waals surface area contributed by atoms with E-state index in [9.17, 15) is 4.39 Å². The van der Waals surface area contributed by atoms with Crippen molar-refractivity contribution < 1.29 is 9.13 Å². The molecule has 1 aromatic rings. The van der Waals surface area contributed by atoms with Gasteiger partial charge in [0.25, 0.3) is 0 Å². The number of halogens is 1. The number of nitrogens with two attached hydrogens (primary N) is 1. The molecule has 1 aliphatic heterocycles. The van der Waals surface area contributed by atoms with Crippen LogP contribution in [0.4, 0.5) is 10.1 Å². The van der Waals surface area contributed by atoms with E-state index in [0.29, 0.717) is 24.5 Å². The number of anilines is 1. The van der Waals surface area contributed by atoms with Gasteiger partial charge in [-0.05, 0) is 30.2 Å². The van der Waals surface area contributed by atoms with Crippen molar-refractivity contribution in [1.29, 1.82) is 0 Å². The van der Waals surface area contributed by atoms with Crippen LogP contribution in [0.5, 0.6) is 0 Å². The molecule has 76 valence electrons. The van der Waals surface area contributed by atoms with E-state index in [2.05, 4.69) is 0 Å². The Balaban J connectivity index is 2.44. The fraction of sp³-hybridized carbons (Fsp3) is 0.455. The minimum Gasteiger partial charge on any atom is -0.399 e. The smallest absolute Gasteiger partial charge is 0.127 e. The number of nitrogen functional groups attached to an aromatic ring is 1. The van der Waals surface area contributed by atoms with Crippen LogP contribution >= 0.6 is 0 Å². The molecule has 1 aromatic carbocycles. The van der Waals surface area contributed by atoms with E-state index in [1.54, 1.807) is 12.1 Å². The highest BCUT2D eigenvalue weighted by Gasteiger charge is 2.33. The minimum atomic E-state index is -0.209. The molecular formula is C11H14FNO. The van der Waals surface area contributed by atoms with E-state index in [-0.39, 0.29) is 11.2 Å². The van der Waals surface area contributed by atoms with Crippen molar-refractivity contribution in [3.05, 3.63) is 29.6 Å². The van der Waals surface area contributed by atoms with E-state index in [1.165, 1.54) is 6.07 Å². The number of rotatable bonds is 1. The molecule has 0 aliphatic carbocycles. The molecule has 0 aromatic heterocycles. The Kier molecular flexibility index (Phi) is 2.19. The van der Waals surface area contributed by atoms with E-state index < -0.39 is 0 Å². The van der Waals surface area contributed by atoms with Gasteiger partial charge in [0, 0.05) is 17.7 Å². The van der Waals surface area contributed by atoms with Gasteiger partial charge in [-0.3, -0.25) is 0 Å². The minimum absolute atomic E-state index is 0.188. The third-order valence-electron chi connectivity index (χ3n) is 2.86. The van der Waals surface area contributed by atoms with Crippen LogP contribution in [0.25, 0.3) is 0 Å². The maximum Gasteiger partial charge on any atom is 0.127 e. The molecule has 0 radical (unpaired) electrons. The van der Waals surface area contributed by atoms with Crippen LogP contribution in [0.3, 0.4) is 0 Å². The van der Waals surface area contributed by atoms with Gasteiger partial charge in [0.2, 0.25) is 0 Å². The number of ether oxygens (including phenoxy) is 1. The molecule has 0 spiro atoms. The maximum atomic E-state index is 13.6. The molecule has 14 heavy (non-hydrogen) atoms. The molecule has 0 bridgehead atoms. The van der Waals surface area contributed by atoms with Gasteiger partial charge in [-0.2, -0.15) is 0 Å². The summed E-state index contributed by atoms with van der Waals surface area (Å²) < 4.78 is 18.9. The molecule has 1 heterocycles. The Bertz CT molecular complexity index is 345. The maximum absolute atomic E-state index is 13.6. The molecule has 2 rings (SSSR count). The van der Waals surface area contributed by atoms with Gasteiger partial charge in [-0.25, -0.2) is 4.39 Å². The molecule has 1 saturated heterocycles. The van der Waals surface area contributed by atoms with Gasteiger partial charge in [-0.1, -0.05) is 6.92 Å². The highest BCUT2D eigenvalue weighted by Crippen LogP contribution is 2.34. The predicted octanol–water partition coefficient (Wildman–Crippen LogP) is 2.09. The van der Waals surface area contributed by atoms with Gasteiger partial charge in [0.15, 0.2) is 0 Å². The number of benzene rings is 1. The summed E-state index contributed by atoms with van der Waals surface area (Å²) in [5.74, 6) is -0.188. The van der Waals surface area contributed by atoms with Crippen LogP contribution in [0, 0.1) is 5.82 Å². The molecule has 1 aliphatic rings. The van der Waals surface area contributed by atoms with Gasteiger partial charge < -0.3 is 10.5 Å². The fourth-order valence-electron chi connectivity index (χ4n) is 1.88. The summed E-state index contributed by atoms with van der Waals surface area (Å²) >= 11 is 0. The molecule has 1 fully saturated rings. The van der Waals surface area contributed by atoms with E-state index in [0.717, 1.165) is 6.42 Å². The standard InChI is InChI=1S/C11H14FNO/c1-11(4-5-14-7-11)9-6-8(13)2-3-10(9)12/h2-3,6H,4-5,7,13H2,1H3. The highest BCUT2D eigenvalue weighted by atomic mass is 19.1. The van der Waals surface area contributed by atoms with Crippen molar-refractivity contribution in [2.75, 3.05) is 18.9 Å². The van der Waals surface area contributed by atoms with Crippen molar-refractivity contribution in [1.82, 2.24) is 0 Å². The zero-order valence-corrected chi connectivity index (χ0v) is 8.22. The molecule has 1 atom stereocenters. The molecule has 3 heteroatoms. The number of hydrogen-bond donors (Lipinski definition) is 1.